The Morgan fingerprint density at radius 3 is 3.00 bits per heavy atom. The zero-order chi connectivity index (χ0) is 16.9. The average molecular weight is 347 g/mol. The van der Waals surface area contributed by atoms with Crippen molar-refractivity contribution in [2.24, 2.45) is 13.0 Å². The molecule has 1 saturated heterocycles. The molecule has 3 heterocycles. The maximum Gasteiger partial charge on any atom is 0.317 e. The molecule has 0 saturated carbocycles. The summed E-state index contributed by atoms with van der Waals surface area (Å²) < 4.78 is 2.06. The predicted molar refractivity (Wildman–Crippen MR) is 94.9 cm³/mol. The van der Waals surface area contributed by atoms with Crippen LogP contribution in [0.3, 0.4) is 0 Å². The van der Waals surface area contributed by atoms with Gasteiger partial charge in [0.1, 0.15) is 10.8 Å². The second-order valence-corrected chi connectivity index (χ2v) is 7.32. The lowest BCUT2D eigenvalue weighted by atomic mass is 9.94. The Bertz CT molecular complexity index is 654. The van der Waals surface area contributed by atoms with Crippen LogP contribution < -0.4 is 5.32 Å². The molecule has 6 nitrogen and oxygen atoms in total. The molecule has 7 heteroatoms. The largest absolute Gasteiger partial charge is 0.338 e. The van der Waals surface area contributed by atoms with Gasteiger partial charge in [-0.05, 0) is 25.2 Å². The number of aryl methyl sites for hydroxylation is 1. The molecule has 1 aliphatic rings. The molecule has 2 aromatic heterocycles. The highest BCUT2D eigenvalue weighted by molar-refractivity contribution is 7.09. The minimum absolute atomic E-state index is 0.00687. The van der Waals surface area contributed by atoms with Crippen LogP contribution in [0.25, 0.3) is 0 Å². The fourth-order valence-electron chi connectivity index (χ4n) is 3.25. The Morgan fingerprint density at radius 1 is 1.46 bits per heavy atom. The van der Waals surface area contributed by atoms with Gasteiger partial charge in [-0.3, -0.25) is 0 Å². The van der Waals surface area contributed by atoms with Crippen LogP contribution in [-0.4, -0.2) is 38.6 Å². The van der Waals surface area contributed by atoms with Crippen molar-refractivity contribution >= 4 is 17.4 Å². The number of hydrogen-bond donors (Lipinski definition) is 1. The van der Waals surface area contributed by atoms with E-state index < -0.39 is 0 Å². The van der Waals surface area contributed by atoms with E-state index in [1.54, 1.807) is 17.5 Å². The molecule has 0 radical (unpaired) electrons. The van der Waals surface area contributed by atoms with Crippen molar-refractivity contribution in [3.63, 3.8) is 0 Å². The topological polar surface area (TPSA) is 63.1 Å². The number of hydrogen-bond acceptors (Lipinski definition) is 4. The monoisotopic (exact) mass is 347 g/mol. The van der Waals surface area contributed by atoms with Gasteiger partial charge in [-0.15, -0.1) is 11.3 Å². The highest BCUT2D eigenvalue weighted by Crippen LogP contribution is 2.22. The van der Waals surface area contributed by atoms with E-state index in [4.69, 9.17) is 0 Å². The first-order valence-corrected chi connectivity index (χ1v) is 9.46. The van der Waals surface area contributed by atoms with Crippen LogP contribution in [0, 0.1) is 5.92 Å². The summed E-state index contributed by atoms with van der Waals surface area (Å²) in [4.78, 5) is 23.3. The van der Waals surface area contributed by atoms with E-state index in [1.165, 1.54) is 0 Å². The highest BCUT2D eigenvalue weighted by atomic mass is 32.1. The molecule has 0 aromatic carbocycles. The molecule has 0 aliphatic carbocycles. The van der Waals surface area contributed by atoms with Crippen molar-refractivity contribution < 1.29 is 4.79 Å². The first kappa shape index (κ1) is 17.0. The zero-order valence-corrected chi connectivity index (χ0v) is 15.1. The van der Waals surface area contributed by atoms with E-state index in [2.05, 4.69) is 26.8 Å². The lowest BCUT2D eigenvalue weighted by Gasteiger charge is -2.33. The van der Waals surface area contributed by atoms with Gasteiger partial charge in [0.15, 0.2) is 0 Å². The van der Waals surface area contributed by atoms with Gasteiger partial charge in [-0.25, -0.2) is 14.8 Å². The van der Waals surface area contributed by atoms with E-state index in [0.717, 1.165) is 49.6 Å². The molecular weight excluding hydrogens is 322 g/mol. The van der Waals surface area contributed by atoms with E-state index in [-0.39, 0.29) is 12.1 Å². The van der Waals surface area contributed by atoms with Crippen LogP contribution in [0.2, 0.25) is 0 Å². The van der Waals surface area contributed by atoms with Crippen LogP contribution in [0.4, 0.5) is 4.79 Å². The van der Waals surface area contributed by atoms with Crippen LogP contribution >= 0.6 is 11.3 Å². The molecular formula is C17H25N5OS. The smallest absolute Gasteiger partial charge is 0.317 e. The number of urea groups is 1. The second kappa shape index (κ2) is 7.79. The van der Waals surface area contributed by atoms with Gasteiger partial charge >= 0.3 is 6.03 Å². The van der Waals surface area contributed by atoms with Crippen molar-refractivity contribution in [3.05, 3.63) is 34.8 Å². The van der Waals surface area contributed by atoms with Gasteiger partial charge in [-0.2, -0.15) is 0 Å². The molecule has 0 unspecified atom stereocenters. The third-order valence-electron chi connectivity index (χ3n) is 4.65. The molecule has 24 heavy (non-hydrogen) atoms. The van der Waals surface area contributed by atoms with Crippen molar-refractivity contribution in [2.75, 3.05) is 13.1 Å². The maximum absolute atomic E-state index is 12.6. The van der Waals surface area contributed by atoms with Crippen LogP contribution in [0.15, 0.2) is 24.0 Å². The first-order chi connectivity index (χ1) is 11.7. The summed E-state index contributed by atoms with van der Waals surface area (Å²) in [5.74, 6) is 1.57. The first-order valence-electron chi connectivity index (χ1n) is 8.58. The predicted octanol–water partition coefficient (Wildman–Crippen LogP) is 2.99. The molecule has 130 valence electrons. The van der Waals surface area contributed by atoms with Crippen LogP contribution in [-0.2, 0) is 13.5 Å². The Balaban J connectivity index is 1.57. The summed E-state index contributed by atoms with van der Waals surface area (Å²) >= 11 is 1.59. The summed E-state index contributed by atoms with van der Waals surface area (Å²) in [6, 6.07) is 0.0361. The summed E-state index contributed by atoms with van der Waals surface area (Å²) in [5, 5.41) is 6.08. The van der Waals surface area contributed by atoms with Gasteiger partial charge in [0.2, 0.25) is 0 Å². The van der Waals surface area contributed by atoms with Gasteiger partial charge in [0, 0.05) is 50.5 Å². The van der Waals surface area contributed by atoms with Crippen molar-refractivity contribution in [1.29, 1.82) is 0 Å². The molecule has 1 N–H and O–H groups in total. The normalized spacial score (nSPS) is 19.2. The molecule has 1 fully saturated rings. The third kappa shape index (κ3) is 3.95. The number of thiazole rings is 1. The zero-order valence-electron chi connectivity index (χ0n) is 14.3. The van der Waals surface area contributed by atoms with E-state index >= 15 is 0 Å². The quantitative estimate of drug-likeness (QED) is 0.904. The number of aromatic nitrogens is 3. The standard InChI is InChI=1S/C17H25N5OS/c1-3-14(16-19-7-10-24-16)20-17(23)22-8-4-5-13(12-22)11-15-18-6-9-21(15)2/h6-7,9-10,13-14H,3-5,8,11-12H2,1-2H3,(H,20,23)/t13-,14+/m0/s1. The number of nitrogens with zero attached hydrogens (tertiary/aromatic N) is 4. The van der Waals surface area contributed by atoms with Gasteiger partial charge in [0.05, 0.1) is 6.04 Å². The fraction of sp³-hybridized carbons (Fsp3) is 0.588. The average Bonchev–Trinajstić information content (AvgIpc) is 3.25. The second-order valence-electron chi connectivity index (χ2n) is 6.39. The Labute approximate surface area is 146 Å². The number of imidazole rings is 1. The third-order valence-corrected chi connectivity index (χ3v) is 5.54. The number of amides is 2. The number of nitrogens with one attached hydrogen (secondary N) is 1. The number of likely N-dealkylation sites (tertiary alicyclic amines) is 1. The summed E-state index contributed by atoms with van der Waals surface area (Å²) in [7, 11) is 2.02. The number of piperidine rings is 1. The molecule has 2 aromatic rings. The lowest BCUT2D eigenvalue weighted by Crippen LogP contribution is -2.46. The Kier molecular flexibility index (Phi) is 5.50. The van der Waals surface area contributed by atoms with E-state index in [0.29, 0.717) is 5.92 Å². The molecule has 2 atom stereocenters. The summed E-state index contributed by atoms with van der Waals surface area (Å²) in [5.41, 5.74) is 0. The van der Waals surface area contributed by atoms with Crippen LogP contribution in [0.1, 0.15) is 43.1 Å². The van der Waals surface area contributed by atoms with Gasteiger partial charge in [0.25, 0.3) is 0 Å². The highest BCUT2D eigenvalue weighted by Gasteiger charge is 2.26. The van der Waals surface area contributed by atoms with Crippen molar-refractivity contribution in [2.45, 2.75) is 38.6 Å². The minimum atomic E-state index is 0.00687. The van der Waals surface area contributed by atoms with E-state index in [9.17, 15) is 4.79 Å². The number of carbonyl (C=O) groups excluding carboxylic acids is 1. The fourth-order valence-corrected chi connectivity index (χ4v) is 4.03. The number of rotatable bonds is 5. The van der Waals surface area contributed by atoms with Gasteiger partial charge in [-0.1, -0.05) is 6.92 Å². The Hall–Kier alpha value is -1.89. The number of carbonyl (C=O) groups is 1. The molecule has 2 amide bonds. The van der Waals surface area contributed by atoms with Crippen LogP contribution in [0.5, 0.6) is 0 Å². The van der Waals surface area contributed by atoms with Gasteiger partial charge < -0.3 is 14.8 Å². The van der Waals surface area contributed by atoms with Crippen molar-refractivity contribution in [3.8, 4) is 0 Å². The maximum atomic E-state index is 12.6. The van der Waals surface area contributed by atoms with Crippen molar-refractivity contribution in [1.82, 2.24) is 24.8 Å². The minimum Gasteiger partial charge on any atom is -0.338 e. The Morgan fingerprint density at radius 2 is 2.33 bits per heavy atom. The summed E-state index contributed by atoms with van der Waals surface area (Å²) in [6.07, 6.45) is 9.58. The molecule has 0 bridgehead atoms. The molecule has 0 spiro atoms. The SMILES string of the molecule is CC[C@@H](NC(=O)N1CCC[C@@H](Cc2nccn2C)C1)c1nccs1. The molecule has 3 rings (SSSR count). The van der Waals surface area contributed by atoms with E-state index in [1.807, 2.05) is 29.7 Å². The summed E-state index contributed by atoms with van der Waals surface area (Å²) in [6.45, 7) is 3.70. The lowest BCUT2D eigenvalue weighted by molar-refractivity contribution is 0.161. The molecule has 1 aliphatic heterocycles.